The third-order valence-corrected chi connectivity index (χ3v) is 6.02. The molecule has 0 aliphatic heterocycles. The van der Waals surface area contributed by atoms with Crippen LogP contribution in [0, 0.1) is 0 Å². The number of carbonyl (C=O) groups is 3. The Morgan fingerprint density at radius 3 is 2.23 bits per heavy atom. The van der Waals surface area contributed by atoms with Crippen molar-refractivity contribution in [2.24, 2.45) is 0 Å². The van der Waals surface area contributed by atoms with Crippen LogP contribution in [0.5, 0.6) is 0 Å². The SMILES string of the molecule is O=C(O)CCCCNC(=O)Cc1cccc(NC(=O)OCC2c3ccccc3-c3ccccc32)c1. The van der Waals surface area contributed by atoms with E-state index in [0.29, 0.717) is 25.1 Å². The molecule has 0 saturated carbocycles. The molecule has 7 nitrogen and oxygen atoms in total. The molecule has 35 heavy (non-hydrogen) atoms. The van der Waals surface area contributed by atoms with Crippen molar-refractivity contribution in [2.45, 2.75) is 31.6 Å². The Bertz CT molecular complexity index is 1180. The average molecular weight is 473 g/mol. The first-order valence-corrected chi connectivity index (χ1v) is 11.7. The third kappa shape index (κ3) is 6.26. The highest BCUT2D eigenvalue weighted by Gasteiger charge is 2.29. The van der Waals surface area contributed by atoms with Gasteiger partial charge in [0.2, 0.25) is 5.91 Å². The minimum Gasteiger partial charge on any atom is -0.481 e. The summed E-state index contributed by atoms with van der Waals surface area (Å²) < 4.78 is 5.59. The molecule has 1 aliphatic carbocycles. The summed E-state index contributed by atoms with van der Waals surface area (Å²) in [6.45, 7) is 0.660. The first kappa shape index (κ1) is 24.0. The summed E-state index contributed by atoms with van der Waals surface area (Å²) in [6.07, 6.45) is 0.849. The zero-order valence-electron chi connectivity index (χ0n) is 19.3. The fraction of sp³-hybridized carbons (Fsp3) is 0.250. The van der Waals surface area contributed by atoms with Crippen LogP contribution in [0.3, 0.4) is 0 Å². The lowest BCUT2D eigenvalue weighted by Crippen LogP contribution is -2.26. The van der Waals surface area contributed by atoms with Crippen molar-refractivity contribution in [1.82, 2.24) is 5.32 Å². The van der Waals surface area contributed by atoms with Crippen molar-refractivity contribution in [3.63, 3.8) is 0 Å². The summed E-state index contributed by atoms with van der Waals surface area (Å²) in [4.78, 5) is 35.2. The predicted octanol–water partition coefficient (Wildman–Crippen LogP) is 4.96. The molecular weight excluding hydrogens is 444 g/mol. The Hall–Kier alpha value is -4.13. The summed E-state index contributed by atoms with van der Waals surface area (Å²) in [5, 5.41) is 14.2. The van der Waals surface area contributed by atoms with Gasteiger partial charge in [-0.1, -0.05) is 60.7 Å². The van der Waals surface area contributed by atoms with E-state index in [1.807, 2.05) is 30.3 Å². The molecule has 0 bridgehead atoms. The molecule has 180 valence electrons. The van der Waals surface area contributed by atoms with Gasteiger partial charge in [-0.3, -0.25) is 14.9 Å². The lowest BCUT2D eigenvalue weighted by atomic mass is 9.98. The Morgan fingerprint density at radius 2 is 1.54 bits per heavy atom. The Balaban J connectivity index is 1.28. The van der Waals surface area contributed by atoms with E-state index in [9.17, 15) is 14.4 Å². The van der Waals surface area contributed by atoms with Gasteiger partial charge in [0.25, 0.3) is 0 Å². The first-order valence-electron chi connectivity index (χ1n) is 11.7. The summed E-state index contributed by atoms with van der Waals surface area (Å²) in [6, 6.07) is 23.4. The number of anilines is 1. The van der Waals surface area contributed by atoms with Crippen LogP contribution in [0.2, 0.25) is 0 Å². The molecule has 7 heteroatoms. The van der Waals surface area contributed by atoms with Gasteiger partial charge in [0.1, 0.15) is 6.61 Å². The van der Waals surface area contributed by atoms with Crippen molar-refractivity contribution in [1.29, 1.82) is 0 Å². The van der Waals surface area contributed by atoms with Gasteiger partial charge in [0.15, 0.2) is 0 Å². The van der Waals surface area contributed by atoms with Gasteiger partial charge < -0.3 is 15.2 Å². The van der Waals surface area contributed by atoms with Crippen LogP contribution in [0.15, 0.2) is 72.8 Å². The molecule has 0 heterocycles. The number of ether oxygens (including phenoxy) is 1. The van der Waals surface area contributed by atoms with E-state index >= 15 is 0 Å². The molecule has 3 N–H and O–H groups in total. The zero-order chi connectivity index (χ0) is 24.6. The molecule has 0 aromatic heterocycles. The Labute approximate surface area is 204 Å². The second-order valence-corrected chi connectivity index (χ2v) is 8.53. The molecular formula is C28H28N2O5. The van der Waals surface area contributed by atoms with E-state index in [1.165, 1.54) is 11.1 Å². The first-order chi connectivity index (χ1) is 17.0. The van der Waals surface area contributed by atoms with E-state index < -0.39 is 12.1 Å². The molecule has 0 atom stereocenters. The largest absolute Gasteiger partial charge is 0.481 e. The number of carboxylic acids is 1. The number of hydrogen-bond acceptors (Lipinski definition) is 4. The normalized spacial score (nSPS) is 11.9. The van der Waals surface area contributed by atoms with E-state index in [2.05, 4.69) is 34.9 Å². The predicted molar refractivity (Wildman–Crippen MR) is 133 cm³/mol. The summed E-state index contributed by atoms with van der Waals surface area (Å²) in [5.41, 5.74) is 5.95. The number of amides is 2. The lowest BCUT2D eigenvalue weighted by Gasteiger charge is -2.15. The summed E-state index contributed by atoms with van der Waals surface area (Å²) >= 11 is 0. The molecule has 3 aromatic rings. The van der Waals surface area contributed by atoms with E-state index in [4.69, 9.17) is 9.84 Å². The minimum atomic E-state index is -0.836. The Kier molecular flexibility index (Phi) is 7.77. The van der Waals surface area contributed by atoms with Crippen LogP contribution >= 0.6 is 0 Å². The van der Waals surface area contributed by atoms with Crippen LogP contribution in [0.1, 0.15) is 41.9 Å². The molecule has 0 unspecified atom stereocenters. The maximum atomic E-state index is 12.5. The van der Waals surface area contributed by atoms with Crippen molar-refractivity contribution in [3.8, 4) is 11.1 Å². The van der Waals surface area contributed by atoms with Gasteiger partial charge in [0.05, 0.1) is 6.42 Å². The minimum absolute atomic E-state index is 0.0151. The molecule has 0 radical (unpaired) electrons. The van der Waals surface area contributed by atoms with Gasteiger partial charge in [-0.2, -0.15) is 0 Å². The molecule has 4 rings (SSSR count). The highest BCUT2D eigenvalue weighted by molar-refractivity contribution is 5.86. The third-order valence-electron chi connectivity index (χ3n) is 6.02. The lowest BCUT2D eigenvalue weighted by molar-refractivity contribution is -0.137. The van der Waals surface area contributed by atoms with Crippen molar-refractivity contribution in [2.75, 3.05) is 18.5 Å². The van der Waals surface area contributed by atoms with E-state index in [-0.39, 0.29) is 31.3 Å². The van der Waals surface area contributed by atoms with Crippen molar-refractivity contribution < 1.29 is 24.2 Å². The number of benzene rings is 3. The molecule has 1 aliphatic rings. The second-order valence-electron chi connectivity index (χ2n) is 8.53. The summed E-state index contributed by atoms with van der Waals surface area (Å²) in [7, 11) is 0. The Morgan fingerprint density at radius 1 is 0.857 bits per heavy atom. The van der Waals surface area contributed by atoms with Gasteiger partial charge >= 0.3 is 12.1 Å². The highest BCUT2D eigenvalue weighted by atomic mass is 16.5. The summed E-state index contributed by atoms with van der Waals surface area (Å²) in [5.74, 6) is -1.01. The highest BCUT2D eigenvalue weighted by Crippen LogP contribution is 2.44. The van der Waals surface area contributed by atoms with Gasteiger partial charge in [-0.05, 0) is 52.8 Å². The number of hydrogen-bond donors (Lipinski definition) is 3. The van der Waals surface area contributed by atoms with Crippen LogP contribution in [-0.4, -0.2) is 36.2 Å². The number of carbonyl (C=O) groups excluding carboxylic acids is 2. The second kappa shape index (κ2) is 11.3. The number of carboxylic acid groups (broad SMARTS) is 1. The molecule has 0 saturated heterocycles. The quantitative estimate of drug-likeness (QED) is 0.362. The zero-order valence-corrected chi connectivity index (χ0v) is 19.3. The monoisotopic (exact) mass is 472 g/mol. The van der Waals surface area contributed by atoms with Crippen molar-refractivity contribution >= 4 is 23.7 Å². The van der Waals surface area contributed by atoms with Gasteiger partial charge in [-0.25, -0.2) is 4.79 Å². The number of unbranched alkanes of at least 4 members (excludes halogenated alkanes) is 1. The number of rotatable bonds is 10. The average Bonchev–Trinajstić information content (AvgIpc) is 3.16. The maximum Gasteiger partial charge on any atom is 0.411 e. The van der Waals surface area contributed by atoms with Crippen molar-refractivity contribution in [3.05, 3.63) is 89.5 Å². The fourth-order valence-corrected chi connectivity index (χ4v) is 4.39. The van der Waals surface area contributed by atoms with E-state index in [0.717, 1.165) is 16.7 Å². The molecule has 0 fully saturated rings. The van der Waals surface area contributed by atoms with Gasteiger partial charge in [0, 0.05) is 24.6 Å². The molecule has 0 spiro atoms. The van der Waals surface area contributed by atoms with Crippen LogP contribution in [0.4, 0.5) is 10.5 Å². The van der Waals surface area contributed by atoms with Crippen LogP contribution in [-0.2, 0) is 20.7 Å². The maximum absolute atomic E-state index is 12.5. The number of fused-ring (bicyclic) bond motifs is 3. The van der Waals surface area contributed by atoms with Gasteiger partial charge in [-0.15, -0.1) is 0 Å². The fourth-order valence-electron chi connectivity index (χ4n) is 4.39. The standard InChI is InChI=1S/C28H28N2O5/c31-26(29-15-6-5-14-27(32)33)17-19-8-7-9-20(16-19)30-28(34)35-18-25-23-12-3-1-10-21(23)22-11-2-4-13-24(22)25/h1-4,7-13,16,25H,5-6,14-15,17-18H2,(H,29,31)(H,30,34)(H,32,33). The molecule has 2 amide bonds. The van der Waals surface area contributed by atoms with Crippen LogP contribution in [0.25, 0.3) is 11.1 Å². The molecule has 3 aromatic carbocycles. The number of aliphatic carboxylic acids is 1. The smallest absolute Gasteiger partial charge is 0.411 e. The van der Waals surface area contributed by atoms with E-state index in [1.54, 1.807) is 18.2 Å². The number of nitrogens with one attached hydrogen (secondary N) is 2. The topological polar surface area (TPSA) is 105 Å². The van der Waals surface area contributed by atoms with Crippen LogP contribution < -0.4 is 10.6 Å².